The fourth-order valence-corrected chi connectivity index (χ4v) is 6.95. The van der Waals surface area contributed by atoms with Crippen molar-refractivity contribution in [1.82, 2.24) is 14.6 Å². The third-order valence-electron chi connectivity index (χ3n) is 4.68. The summed E-state index contributed by atoms with van der Waals surface area (Å²) in [5.41, 5.74) is 0.158. The number of rotatable bonds is 5. The maximum atomic E-state index is 14.4. The van der Waals surface area contributed by atoms with E-state index in [9.17, 15) is 17.6 Å². The monoisotopic (exact) mass is 562 g/mol. The van der Waals surface area contributed by atoms with Gasteiger partial charge in [0.2, 0.25) is 10.0 Å². The standard InChI is InChI=1S/C18H16FIN4O4S2/c19-13-8-10(20)3-4-14(13)23-17-15(12-2-1-6-21-16(12)29-17)30(27,28)24-7-5-11(9-24)22-18(25)26/h1-4,6,8,11,22-23H,5,7,9H2,(H,25,26)/t11-/m1/s1. The Morgan fingerprint density at radius 3 is 2.90 bits per heavy atom. The van der Waals surface area contributed by atoms with Crippen molar-refractivity contribution < 1.29 is 22.7 Å². The minimum Gasteiger partial charge on any atom is -0.465 e. The molecule has 3 heterocycles. The molecule has 2 aromatic heterocycles. The number of halogens is 2. The molecule has 1 amide bonds. The molecule has 0 aliphatic carbocycles. The minimum absolute atomic E-state index is 0.0181. The van der Waals surface area contributed by atoms with Crippen LogP contribution in [0.25, 0.3) is 10.2 Å². The number of fused-ring (bicyclic) bond motifs is 1. The predicted octanol–water partition coefficient (Wildman–Crippen LogP) is 3.81. The van der Waals surface area contributed by atoms with Crippen LogP contribution in [0.2, 0.25) is 0 Å². The molecule has 3 aromatic rings. The zero-order chi connectivity index (χ0) is 21.5. The van der Waals surface area contributed by atoms with Gasteiger partial charge in [-0.3, -0.25) is 0 Å². The highest BCUT2D eigenvalue weighted by Gasteiger charge is 2.37. The first-order valence-electron chi connectivity index (χ1n) is 8.85. The largest absolute Gasteiger partial charge is 0.465 e. The second kappa shape index (κ2) is 8.24. The molecule has 0 spiro atoms. The molecule has 0 radical (unpaired) electrons. The highest BCUT2D eigenvalue weighted by molar-refractivity contribution is 14.1. The summed E-state index contributed by atoms with van der Waals surface area (Å²) >= 11 is 3.12. The van der Waals surface area contributed by atoms with Crippen molar-refractivity contribution in [3.63, 3.8) is 0 Å². The lowest BCUT2D eigenvalue weighted by molar-refractivity contribution is 0.190. The van der Waals surface area contributed by atoms with E-state index < -0.39 is 28.0 Å². The van der Waals surface area contributed by atoms with Gasteiger partial charge in [0.25, 0.3) is 0 Å². The lowest BCUT2D eigenvalue weighted by Crippen LogP contribution is -2.37. The van der Waals surface area contributed by atoms with Crippen molar-refractivity contribution in [3.8, 4) is 0 Å². The van der Waals surface area contributed by atoms with Gasteiger partial charge in [-0.1, -0.05) is 11.3 Å². The summed E-state index contributed by atoms with van der Waals surface area (Å²) in [5, 5.41) is 14.9. The lowest BCUT2D eigenvalue weighted by Gasteiger charge is -2.18. The second-order valence-corrected chi connectivity index (χ2v) is 10.8. The quantitative estimate of drug-likeness (QED) is 0.408. The fourth-order valence-electron chi connectivity index (χ4n) is 3.33. The number of carbonyl (C=O) groups is 1. The second-order valence-electron chi connectivity index (χ2n) is 6.66. The third-order valence-corrected chi connectivity index (χ3v) is 8.46. The number of nitrogens with one attached hydrogen (secondary N) is 2. The third kappa shape index (κ3) is 4.08. The Balaban J connectivity index is 1.76. The molecule has 158 valence electrons. The highest BCUT2D eigenvalue weighted by atomic mass is 127. The van der Waals surface area contributed by atoms with E-state index in [1.807, 2.05) is 22.6 Å². The average molecular weight is 562 g/mol. The van der Waals surface area contributed by atoms with Gasteiger partial charge in [-0.05, 0) is 59.3 Å². The van der Waals surface area contributed by atoms with E-state index in [1.165, 1.54) is 10.4 Å². The number of anilines is 2. The highest BCUT2D eigenvalue weighted by Crippen LogP contribution is 2.41. The van der Waals surface area contributed by atoms with Gasteiger partial charge in [0, 0.05) is 34.3 Å². The molecule has 8 nitrogen and oxygen atoms in total. The Kier molecular flexibility index (Phi) is 5.83. The molecule has 1 aliphatic heterocycles. The van der Waals surface area contributed by atoms with E-state index in [2.05, 4.69) is 15.6 Å². The zero-order valence-corrected chi connectivity index (χ0v) is 19.1. The maximum absolute atomic E-state index is 14.4. The van der Waals surface area contributed by atoms with E-state index in [-0.39, 0.29) is 28.7 Å². The van der Waals surface area contributed by atoms with Crippen LogP contribution < -0.4 is 10.6 Å². The van der Waals surface area contributed by atoms with Crippen molar-refractivity contribution in [1.29, 1.82) is 0 Å². The van der Waals surface area contributed by atoms with Crippen LogP contribution in [0.4, 0.5) is 19.9 Å². The normalized spacial score (nSPS) is 17.3. The van der Waals surface area contributed by atoms with Gasteiger partial charge in [-0.25, -0.2) is 22.6 Å². The molecular weight excluding hydrogens is 546 g/mol. The van der Waals surface area contributed by atoms with Gasteiger partial charge < -0.3 is 15.7 Å². The number of benzene rings is 1. The number of hydrogen-bond donors (Lipinski definition) is 3. The Morgan fingerprint density at radius 2 is 2.17 bits per heavy atom. The zero-order valence-electron chi connectivity index (χ0n) is 15.3. The van der Waals surface area contributed by atoms with Gasteiger partial charge in [-0.15, -0.1) is 0 Å². The summed E-state index contributed by atoms with van der Waals surface area (Å²) in [6.07, 6.45) is 0.744. The van der Waals surface area contributed by atoms with Crippen molar-refractivity contribution in [2.75, 3.05) is 18.4 Å². The first-order valence-corrected chi connectivity index (χ1v) is 12.2. The predicted molar refractivity (Wildman–Crippen MR) is 120 cm³/mol. The van der Waals surface area contributed by atoms with E-state index in [0.717, 1.165) is 14.9 Å². The van der Waals surface area contributed by atoms with Crippen molar-refractivity contribution in [3.05, 3.63) is 45.9 Å². The Bertz CT molecular complexity index is 1230. The average Bonchev–Trinajstić information content (AvgIpc) is 3.28. The summed E-state index contributed by atoms with van der Waals surface area (Å²) in [7, 11) is -3.98. The van der Waals surface area contributed by atoms with Crippen LogP contribution in [0, 0.1) is 9.39 Å². The first-order chi connectivity index (χ1) is 14.3. The number of hydrogen-bond acceptors (Lipinski definition) is 6. The van der Waals surface area contributed by atoms with Crippen molar-refractivity contribution in [2.24, 2.45) is 0 Å². The van der Waals surface area contributed by atoms with Crippen LogP contribution in [0.1, 0.15) is 6.42 Å². The number of thiophene rings is 1. The summed E-state index contributed by atoms with van der Waals surface area (Å²) < 4.78 is 43.3. The lowest BCUT2D eigenvalue weighted by atomic mass is 10.3. The van der Waals surface area contributed by atoms with Crippen LogP contribution in [0.5, 0.6) is 0 Å². The summed E-state index contributed by atoms with van der Waals surface area (Å²) in [6, 6.07) is 7.44. The van der Waals surface area contributed by atoms with Gasteiger partial charge in [0.05, 0.1) is 5.69 Å². The smallest absolute Gasteiger partial charge is 0.404 e. The summed E-state index contributed by atoms with van der Waals surface area (Å²) in [6.45, 7) is 0.214. The van der Waals surface area contributed by atoms with Gasteiger partial charge in [0.1, 0.15) is 20.5 Å². The summed E-state index contributed by atoms with van der Waals surface area (Å²) in [5.74, 6) is -0.498. The molecule has 0 bridgehead atoms. The summed E-state index contributed by atoms with van der Waals surface area (Å²) in [4.78, 5) is 15.7. The Morgan fingerprint density at radius 1 is 1.37 bits per heavy atom. The Hall–Kier alpha value is -2.03. The van der Waals surface area contributed by atoms with Crippen LogP contribution in [0.3, 0.4) is 0 Å². The van der Waals surface area contributed by atoms with E-state index in [4.69, 9.17) is 5.11 Å². The molecule has 1 fully saturated rings. The number of pyridine rings is 1. The van der Waals surface area contributed by atoms with Crippen molar-refractivity contribution >= 4 is 70.9 Å². The van der Waals surface area contributed by atoms with Crippen molar-refractivity contribution in [2.45, 2.75) is 17.4 Å². The molecule has 0 saturated carbocycles. The molecule has 30 heavy (non-hydrogen) atoms. The molecule has 12 heteroatoms. The molecule has 1 aliphatic rings. The van der Waals surface area contributed by atoms with Crippen LogP contribution in [-0.4, -0.2) is 48.0 Å². The number of sulfonamides is 1. The maximum Gasteiger partial charge on any atom is 0.404 e. The van der Waals surface area contributed by atoms with Gasteiger partial charge >= 0.3 is 6.09 Å². The number of amides is 1. The SMILES string of the molecule is O=C(O)N[C@@H]1CCN(S(=O)(=O)c2c(Nc3ccc(I)cc3F)sc3ncccc23)C1. The molecular formula is C18H16FIN4O4S2. The van der Waals surface area contributed by atoms with Crippen LogP contribution >= 0.6 is 33.9 Å². The number of aromatic nitrogens is 1. The van der Waals surface area contributed by atoms with E-state index >= 15 is 0 Å². The van der Waals surface area contributed by atoms with Gasteiger partial charge in [0.15, 0.2) is 0 Å². The van der Waals surface area contributed by atoms with Gasteiger partial charge in [-0.2, -0.15) is 4.31 Å². The Labute approximate surface area is 189 Å². The minimum atomic E-state index is -3.98. The molecule has 1 atom stereocenters. The fraction of sp³-hybridized carbons (Fsp3) is 0.222. The first kappa shape index (κ1) is 21.2. The molecule has 3 N–H and O–H groups in total. The number of nitrogens with zero attached hydrogens (tertiary/aromatic N) is 2. The molecule has 1 saturated heterocycles. The molecule has 1 aromatic carbocycles. The molecule has 4 rings (SSSR count). The van der Waals surface area contributed by atoms with E-state index in [1.54, 1.807) is 30.5 Å². The topological polar surface area (TPSA) is 112 Å². The number of carboxylic acid groups (broad SMARTS) is 1. The molecule has 0 unspecified atom stereocenters. The van der Waals surface area contributed by atoms with Crippen LogP contribution in [0.15, 0.2) is 41.4 Å². The van der Waals surface area contributed by atoms with Crippen LogP contribution in [-0.2, 0) is 10.0 Å². The van der Waals surface area contributed by atoms with E-state index in [0.29, 0.717) is 16.6 Å².